The molecule has 0 aliphatic carbocycles. The third kappa shape index (κ3) is 1.77. The normalized spacial score (nSPS) is 11.2. The second kappa shape index (κ2) is 4.49. The summed E-state index contributed by atoms with van der Waals surface area (Å²) >= 11 is 0. The molecule has 4 aromatic rings. The predicted octanol–water partition coefficient (Wildman–Crippen LogP) is 4.31. The van der Waals surface area contributed by atoms with E-state index < -0.39 is 0 Å². The summed E-state index contributed by atoms with van der Waals surface area (Å²) in [6.45, 7) is 0. The molecule has 1 N–H and O–H groups in total. The zero-order chi connectivity index (χ0) is 13.4. The molecule has 2 aromatic carbocycles. The Labute approximate surface area is 117 Å². The Hall–Kier alpha value is -2.61. The van der Waals surface area contributed by atoms with Crippen LogP contribution in [-0.4, -0.2) is 9.97 Å². The Morgan fingerprint density at radius 1 is 0.800 bits per heavy atom. The standard InChI is InChI=1S/C18H14N2/c1-2-6-13(7-3-1)12-17-18-15(10-11-19-17)14-8-4-5-9-16(14)20-18/h1-11,20H,12H2. The Morgan fingerprint density at radius 3 is 2.50 bits per heavy atom. The van der Waals surface area contributed by atoms with E-state index in [4.69, 9.17) is 0 Å². The highest BCUT2D eigenvalue weighted by molar-refractivity contribution is 6.07. The predicted molar refractivity (Wildman–Crippen MR) is 82.8 cm³/mol. The van der Waals surface area contributed by atoms with E-state index in [-0.39, 0.29) is 0 Å². The van der Waals surface area contributed by atoms with E-state index >= 15 is 0 Å². The van der Waals surface area contributed by atoms with Gasteiger partial charge in [0.1, 0.15) is 0 Å². The molecule has 2 nitrogen and oxygen atoms in total. The maximum Gasteiger partial charge on any atom is 0.0688 e. The van der Waals surface area contributed by atoms with Crippen LogP contribution in [0.5, 0.6) is 0 Å². The van der Waals surface area contributed by atoms with Gasteiger partial charge in [0.15, 0.2) is 0 Å². The highest BCUT2D eigenvalue weighted by Gasteiger charge is 2.08. The van der Waals surface area contributed by atoms with Crippen molar-refractivity contribution in [3.63, 3.8) is 0 Å². The number of pyridine rings is 1. The first-order chi connectivity index (χ1) is 9.92. The minimum atomic E-state index is 0.852. The molecule has 0 aliphatic heterocycles. The molecule has 2 heteroatoms. The van der Waals surface area contributed by atoms with E-state index in [9.17, 15) is 0 Å². The maximum atomic E-state index is 4.57. The highest BCUT2D eigenvalue weighted by atomic mass is 14.8. The summed E-state index contributed by atoms with van der Waals surface area (Å²) < 4.78 is 0. The van der Waals surface area contributed by atoms with Gasteiger partial charge >= 0.3 is 0 Å². The van der Waals surface area contributed by atoms with Crippen LogP contribution in [0, 0.1) is 0 Å². The lowest BCUT2D eigenvalue weighted by atomic mass is 10.1. The second-order valence-corrected chi connectivity index (χ2v) is 5.01. The molecule has 0 atom stereocenters. The molecule has 0 fully saturated rings. The first kappa shape index (κ1) is 11.2. The molecule has 0 radical (unpaired) electrons. The molecule has 4 rings (SSSR count). The molecule has 96 valence electrons. The van der Waals surface area contributed by atoms with E-state index in [2.05, 4.69) is 64.6 Å². The number of nitrogens with one attached hydrogen (secondary N) is 1. The first-order valence-electron chi connectivity index (χ1n) is 6.80. The number of rotatable bonds is 2. The number of nitrogens with zero attached hydrogens (tertiary/aromatic N) is 1. The monoisotopic (exact) mass is 258 g/mol. The molecular formula is C18H14N2. The van der Waals surface area contributed by atoms with Gasteiger partial charge in [0.05, 0.1) is 11.2 Å². The van der Waals surface area contributed by atoms with Crippen LogP contribution in [0.2, 0.25) is 0 Å². The summed E-state index contributed by atoms with van der Waals surface area (Å²) in [7, 11) is 0. The molecule has 0 bridgehead atoms. The van der Waals surface area contributed by atoms with Crippen molar-refractivity contribution in [2.75, 3.05) is 0 Å². The van der Waals surface area contributed by atoms with Gasteiger partial charge in [-0.05, 0) is 17.7 Å². The SMILES string of the molecule is c1ccc(Cc2nccc3c2[nH]c2ccccc23)cc1. The van der Waals surface area contributed by atoms with Gasteiger partial charge in [-0.25, -0.2) is 0 Å². The van der Waals surface area contributed by atoms with Crippen molar-refractivity contribution >= 4 is 21.8 Å². The molecule has 0 aliphatic rings. The summed E-state index contributed by atoms with van der Waals surface area (Å²) in [6.07, 6.45) is 2.76. The summed E-state index contributed by atoms with van der Waals surface area (Å²) in [5, 5.41) is 2.51. The first-order valence-corrected chi connectivity index (χ1v) is 6.80. The zero-order valence-corrected chi connectivity index (χ0v) is 11.0. The van der Waals surface area contributed by atoms with Gasteiger partial charge in [-0.1, -0.05) is 48.5 Å². The minimum absolute atomic E-state index is 0.852. The summed E-state index contributed by atoms with van der Waals surface area (Å²) in [6, 6.07) is 21.0. The number of hydrogen-bond donors (Lipinski definition) is 1. The average Bonchev–Trinajstić information content (AvgIpc) is 2.88. The van der Waals surface area contributed by atoms with Gasteiger partial charge in [0.25, 0.3) is 0 Å². The fourth-order valence-corrected chi connectivity index (χ4v) is 2.75. The maximum absolute atomic E-state index is 4.57. The lowest BCUT2D eigenvalue weighted by Crippen LogP contribution is -1.93. The van der Waals surface area contributed by atoms with E-state index in [0.29, 0.717) is 0 Å². The van der Waals surface area contributed by atoms with Crippen molar-refractivity contribution in [3.05, 3.63) is 78.1 Å². The molecule has 2 aromatic heterocycles. The number of hydrogen-bond acceptors (Lipinski definition) is 1. The second-order valence-electron chi connectivity index (χ2n) is 5.01. The summed E-state index contributed by atoms with van der Waals surface area (Å²) in [4.78, 5) is 8.07. The summed E-state index contributed by atoms with van der Waals surface area (Å²) in [5.41, 5.74) is 4.71. The lowest BCUT2D eigenvalue weighted by molar-refractivity contribution is 1.09. The van der Waals surface area contributed by atoms with E-state index in [1.165, 1.54) is 21.9 Å². The van der Waals surface area contributed by atoms with Gasteiger partial charge in [0, 0.05) is 28.9 Å². The molecule has 0 spiro atoms. The molecule has 0 amide bonds. The van der Waals surface area contributed by atoms with Crippen LogP contribution >= 0.6 is 0 Å². The molecule has 2 heterocycles. The lowest BCUT2D eigenvalue weighted by Gasteiger charge is -2.02. The fraction of sp³-hybridized carbons (Fsp3) is 0.0556. The van der Waals surface area contributed by atoms with Gasteiger partial charge < -0.3 is 4.98 Å². The smallest absolute Gasteiger partial charge is 0.0688 e. The van der Waals surface area contributed by atoms with Crippen LogP contribution in [0.1, 0.15) is 11.3 Å². The third-order valence-electron chi connectivity index (χ3n) is 3.72. The molecule has 0 saturated carbocycles. The van der Waals surface area contributed by atoms with Crippen LogP contribution < -0.4 is 0 Å². The third-order valence-corrected chi connectivity index (χ3v) is 3.72. The number of H-pyrrole nitrogens is 1. The minimum Gasteiger partial charge on any atom is -0.353 e. The van der Waals surface area contributed by atoms with Crippen molar-refractivity contribution in [1.82, 2.24) is 9.97 Å². The Kier molecular flexibility index (Phi) is 2.52. The number of aromatic nitrogens is 2. The molecule has 0 unspecified atom stereocenters. The van der Waals surface area contributed by atoms with Crippen molar-refractivity contribution in [2.24, 2.45) is 0 Å². The van der Waals surface area contributed by atoms with E-state index in [1.807, 2.05) is 12.3 Å². The topological polar surface area (TPSA) is 28.7 Å². The van der Waals surface area contributed by atoms with E-state index in [0.717, 1.165) is 17.6 Å². The van der Waals surface area contributed by atoms with E-state index in [1.54, 1.807) is 0 Å². The van der Waals surface area contributed by atoms with Gasteiger partial charge in [0.2, 0.25) is 0 Å². The number of benzene rings is 2. The summed E-state index contributed by atoms with van der Waals surface area (Å²) in [5.74, 6) is 0. The quantitative estimate of drug-likeness (QED) is 0.570. The molecule has 0 saturated heterocycles. The van der Waals surface area contributed by atoms with Crippen LogP contribution in [0.4, 0.5) is 0 Å². The van der Waals surface area contributed by atoms with Crippen molar-refractivity contribution in [1.29, 1.82) is 0 Å². The number of fused-ring (bicyclic) bond motifs is 3. The van der Waals surface area contributed by atoms with Gasteiger partial charge in [-0.15, -0.1) is 0 Å². The highest BCUT2D eigenvalue weighted by Crippen LogP contribution is 2.27. The Balaban J connectivity index is 1.91. The van der Waals surface area contributed by atoms with Gasteiger partial charge in [-0.3, -0.25) is 4.98 Å². The fourth-order valence-electron chi connectivity index (χ4n) is 2.75. The zero-order valence-electron chi connectivity index (χ0n) is 11.0. The average molecular weight is 258 g/mol. The van der Waals surface area contributed by atoms with Crippen LogP contribution in [0.3, 0.4) is 0 Å². The largest absolute Gasteiger partial charge is 0.353 e. The van der Waals surface area contributed by atoms with Crippen molar-refractivity contribution < 1.29 is 0 Å². The number of para-hydroxylation sites is 1. The van der Waals surface area contributed by atoms with Crippen LogP contribution in [0.15, 0.2) is 66.9 Å². The van der Waals surface area contributed by atoms with Crippen molar-refractivity contribution in [2.45, 2.75) is 6.42 Å². The van der Waals surface area contributed by atoms with Crippen LogP contribution in [0.25, 0.3) is 21.8 Å². The molecular weight excluding hydrogens is 244 g/mol. The Bertz CT molecular complexity index is 876. The van der Waals surface area contributed by atoms with Gasteiger partial charge in [-0.2, -0.15) is 0 Å². The molecule has 20 heavy (non-hydrogen) atoms. The Morgan fingerprint density at radius 2 is 1.60 bits per heavy atom. The van der Waals surface area contributed by atoms with Crippen LogP contribution in [-0.2, 0) is 6.42 Å². The van der Waals surface area contributed by atoms with Crippen molar-refractivity contribution in [3.8, 4) is 0 Å². The number of aromatic amines is 1.